The number of halogens is 5. The topological polar surface area (TPSA) is 60.2 Å². The lowest BCUT2D eigenvalue weighted by molar-refractivity contribution is -0.139. The van der Waals surface area contributed by atoms with Gasteiger partial charge in [0.15, 0.2) is 5.82 Å². The van der Waals surface area contributed by atoms with Gasteiger partial charge in [0, 0.05) is 16.4 Å². The molecule has 0 amide bonds. The van der Waals surface area contributed by atoms with Gasteiger partial charge in [-0.2, -0.15) is 13.2 Å². The maximum atomic E-state index is 13.3. The predicted molar refractivity (Wildman–Crippen MR) is 48.9 cm³/mol. The summed E-state index contributed by atoms with van der Waals surface area (Å²) in [7, 11) is 0.171. The number of nitrogens with two attached hydrogens (primary N) is 1. The zero-order valence-corrected chi connectivity index (χ0v) is 8.92. The first-order valence-electron chi connectivity index (χ1n) is 3.65. The number of alkyl halides is 3. The molecule has 0 bridgehead atoms. The maximum Gasteiger partial charge on any atom is 0.421 e. The van der Waals surface area contributed by atoms with E-state index in [0.717, 1.165) is 0 Å². The van der Waals surface area contributed by atoms with Crippen LogP contribution in [-0.4, -0.2) is 8.42 Å². The normalized spacial score (nSPS) is 12.8. The van der Waals surface area contributed by atoms with Crippen LogP contribution in [0.25, 0.3) is 0 Å². The van der Waals surface area contributed by atoms with Crippen molar-refractivity contribution in [2.24, 2.45) is 0 Å². The van der Waals surface area contributed by atoms with Crippen molar-refractivity contribution in [1.29, 1.82) is 0 Å². The average molecular weight is 278 g/mol. The maximum absolute atomic E-state index is 13.3. The summed E-state index contributed by atoms with van der Waals surface area (Å²) < 4.78 is 71.7. The summed E-state index contributed by atoms with van der Waals surface area (Å²) in [6, 6.07) is 1.20. The van der Waals surface area contributed by atoms with Crippen molar-refractivity contribution < 1.29 is 26.0 Å². The number of benzene rings is 1. The van der Waals surface area contributed by atoms with Gasteiger partial charge in [0.2, 0.25) is 0 Å². The number of hydrogen-bond donors (Lipinski definition) is 1. The van der Waals surface area contributed by atoms with Gasteiger partial charge in [0.05, 0.1) is 0 Å². The molecule has 1 rings (SSSR count). The fourth-order valence-corrected chi connectivity index (χ4v) is 1.95. The molecule has 2 N–H and O–H groups in total. The Morgan fingerprint density at radius 3 is 2.12 bits per heavy atom. The van der Waals surface area contributed by atoms with Crippen molar-refractivity contribution in [3.63, 3.8) is 0 Å². The summed E-state index contributed by atoms with van der Waals surface area (Å²) in [6.45, 7) is 0. The zero-order chi connectivity index (χ0) is 12.7. The third kappa shape index (κ3) is 2.38. The average Bonchev–Trinajstić information content (AvgIpc) is 1.97. The zero-order valence-electron chi connectivity index (χ0n) is 7.35. The Kier molecular flexibility index (Phi) is 3.08. The summed E-state index contributed by atoms with van der Waals surface area (Å²) in [4.78, 5) is -1.25. The number of nitrogen functional groups attached to an aromatic ring is 1. The van der Waals surface area contributed by atoms with E-state index in [9.17, 15) is 26.0 Å². The largest absolute Gasteiger partial charge is 0.421 e. The van der Waals surface area contributed by atoms with E-state index in [1.807, 2.05) is 0 Å². The molecule has 0 unspecified atom stereocenters. The molecule has 0 aromatic heterocycles. The van der Waals surface area contributed by atoms with Crippen molar-refractivity contribution in [3.8, 4) is 0 Å². The first-order chi connectivity index (χ1) is 7.05. The lowest BCUT2D eigenvalue weighted by Crippen LogP contribution is -2.14. The van der Waals surface area contributed by atoms with Gasteiger partial charge >= 0.3 is 6.18 Å². The van der Waals surface area contributed by atoms with E-state index in [4.69, 9.17) is 16.4 Å². The van der Waals surface area contributed by atoms with Crippen LogP contribution in [0.2, 0.25) is 0 Å². The van der Waals surface area contributed by atoms with E-state index in [0.29, 0.717) is 12.1 Å². The highest BCUT2D eigenvalue weighted by Gasteiger charge is 2.39. The van der Waals surface area contributed by atoms with Gasteiger partial charge in [-0.05, 0) is 12.1 Å². The van der Waals surface area contributed by atoms with Gasteiger partial charge in [0.25, 0.3) is 9.05 Å². The monoisotopic (exact) mass is 277 g/mol. The molecular weight excluding hydrogens is 274 g/mol. The second kappa shape index (κ2) is 3.77. The molecule has 16 heavy (non-hydrogen) atoms. The Balaban J connectivity index is 3.65. The van der Waals surface area contributed by atoms with E-state index in [1.165, 1.54) is 0 Å². The van der Waals surface area contributed by atoms with Gasteiger partial charge in [-0.15, -0.1) is 0 Å². The lowest BCUT2D eigenvalue weighted by Gasteiger charge is -2.12. The molecule has 9 heteroatoms. The number of anilines is 1. The Morgan fingerprint density at radius 2 is 1.75 bits per heavy atom. The van der Waals surface area contributed by atoms with Crippen LogP contribution in [0.4, 0.5) is 23.2 Å². The van der Waals surface area contributed by atoms with Crippen molar-refractivity contribution in [3.05, 3.63) is 23.5 Å². The second-order valence-electron chi connectivity index (χ2n) is 2.78. The molecule has 0 atom stereocenters. The molecule has 1 aromatic rings. The highest BCUT2D eigenvalue weighted by Crippen LogP contribution is 2.38. The highest BCUT2D eigenvalue weighted by molar-refractivity contribution is 8.13. The van der Waals surface area contributed by atoms with E-state index >= 15 is 0 Å². The minimum atomic E-state index is -5.09. The van der Waals surface area contributed by atoms with Crippen LogP contribution in [0.15, 0.2) is 17.0 Å². The lowest BCUT2D eigenvalue weighted by atomic mass is 10.1. The Labute approximate surface area is 92.2 Å². The van der Waals surface area contributed by atoms with Crippen LogP contribution in [0.1, 0.15) is 5.56 Å². The molecule has 0 saturated heterocycles. The fraction of sp³-hybridized carbons (Fsp3) is 0.143. The van der Waals surface area contributed by atoms with Crippen LogP contribution >= 0.6 is 10.7 Å². The molecular formula is C7H4ClF4NO2S. The predicted octanol–water partition coefficient (Wildman–Crippen LogP) is 2.35. The quantitative estimate of drug-likeness (QED) is 0.487. The first-order valence-corrected chi connectivity index (χ1v) is 5.96. The molecule has 90 valence electrons. The van der Waals surface area contributed by atoms with Gasteiger partial charge in [0.1, 0.15) is 10.5 Å². The van der Waals surface area contributed by atoms with Gasteiger partial charge in [-0.25, -0.2) is 12.8 Å². The molecule has 0 radical (unpaired) electrons. The van der Waals surface area contributed by atoms with Gasteiger partial charge < -0.3 is 5.73 Å². The Morgan fingerprint density at radius 1 is 1.25 bits per heavy atom. The van der Waals surface area contributed by atoms with Crippen LogP contribution in [0, 0.1) is 5.82 Å². The number of hydrogen-bond acceptors (Lipinski definition) is 3. The minimum absolute atomic E-state index is 0.572. The van der Waals surface area contributed by atoms with Gasteiger partial charge in [-0.1, -0.05) is 0 Å². The van der Waals surface area contributed by atoms with E-state index in [-0.39, 0.29) is 0 Å². The van der Waals surface area contributed by atoms with Crippen molar-refractivity contribution in [1.82, 2.24) is 0 Å². The third-order valence-electron chi connectivity index (χ3n) is 1.68. The highest BCUT2D eigenvalue weighted by atomic mass is 35.7. The summed E-state index contributed by atoms with van der Waals surface area (Å²) >= 11 is 0. The molecule has 0 spiro atoms. The van der Waals surface area contributed by atoms with Crippen LogP contribution < -0.4 is 5.73 Å². The summed E-state index contributed by atoms with van der Waals surface area (Å²) in [5.41, 5.74) is 2.17. The third-order valence-corrected chi connectivity index (χ3v) is 3.02. The summed E-state index contributed by atoms with van der Waals surface area (Å²) in [5.74, 6) is -2.00. The van der Waals surface area contributed by atoms with Crippen LogP contribution in [0.5, 0.6) is 0 Å². The molecule has 1 aromatic carbocycles. The molecule has 0 aliphatic carbocycles. The first kappa shape index (κ1) is 13.0. The molecule has 0 heterocycles. The molecule has 3 nitrogen and oxygen atoms in total. The van der Waals surface area contributed by atoms with Gasteiger partial charge in [-0.3, -0.25) is 0 Å². The van der Waals surface area contributed by atoms with E-state index in [1.54, 1.807) is 0 Å². The molecule has 0 saturated carbocycles. The van der Waals surface area contributed by atoms with Crippen LogP contribution in [0.3, 0.4) is 0 Å². The van der Waals surface area contributed by atoms with Crippen molar-refractivity contribution in [2.45, 2.75) is 11.1 Å². The second-order valence-corrected chi connectivity index (χ2v) is 5.31. The minimum Gasteiger partial charge on any atom is -0.398 e. The van der Waals surface area contributed by atoms with Crippen molar-refractivity contribution >= 4 is 25.4 Å². The summed E-state index contributed by atoms with van der Waals surface area (Å²) in [6.07, 6.45) is -5.09. The standard InChI is InChI=1S/C7H4ClF4NO2S/c8-16(14,15)4-2-1-3(13)5(6(4)9)7(10,11)12/h1-2H,13H2. The SMILES string of the molecule is Nc1ccc(S(=O)(=O)Cl)c(F)c1C(F)(F)F. The summed E-state index contributed by atoms with van der Waals surface area (Å²) in [5, 5.41) is 0. The van der Waals surface area contributed by atoms with Crippen LogP contribution in [-0.2, 0) is 15.2 Å². The van der Waals surface area contributed by atoms with E-state index in [2.05, 4.69) is 0 Å². The Hall–Kier alpha value is -1.02. The molecule has 0 fully saturated rings. The van der Waals surface area contributed by atoms with E-state index < -0.39 is 37.2 Å². The fourth-order valence-electron chi connectivity index (χ4n) is 1.05. The van der Waals surface area contributed by atoms with Crippen molar-refractivity contribution in [2.75, 3.05) is 5.73 Å². The molecule has 0 aliphatic rings. The number of rotatable bonds is 1. The molecule has 0 aliphatic heterocycles. The Bertz CT molecular complexity index is 526. The smallest absolute Gasteiger partial charge is 0.398 e.